The van der Waals surface area contributed by atoms with Crippen molar-refractivity contribution in [3.8, 4) is 0 Å². The van der Waals surface area contributed by atoms with Gasteiger partial charge in [0.15, 0.2) is 0 Å². The highest BCUT2D eigenvalue weighted by molar-refractivity contribution is 7.99. The Labute approximate surface area is 201 Å². The van der Waals surface area contributed by atoms with Crippen molar-refractivity contribution in [2.45, 2.75) is 44.8 Å². The zero-order valence-corrected chi connectivity index (χ0v) is 20.4. The first-order chi connectivity index (χ1) is 16.0. The first-order valence-electron chi connectivity index (χ1n) is 12.2. The van der Waals surface area contributed by atoms with Crippen LogP contribution in [0, 0.1) is 24.7 Å². The van der Waals surface area contributed by atoms with E-state index < -0.39 is 6.10 Å². The van der Waals surface area contributed by atoms with Gasteiger partial charge in [0.25, 0.3) is 0 Å². The molecule has 0 unspecified atom stereocenters. The summed E-state index contributed by atoms with van der Waals surface area (Å²) < 4.78 is 5.31. The van der Waals surface area contributed by atoms with E-state index in [2.05, 4.69) is 31.2 Å². The number of amides is 1. The molecule has 5 nitrogen and oxygen atoms in total. The smallest absolute Gasteiger partial charge is 0.223 e. The molecule has 1 amide bonds. The molecule has 1 saturated heterocycles. The normalized spacial score (nSPS) is 28.2. The van der Waals surface area contributed by atoms with Crippen LogP contribution in [-0.4, -0.2) is 71.0 Å². The lowest BCUT2D eigenvalue weighted by Gasteiger charge is -2.26. The fraction of sp³-hybridized carbons (Fsp3) is 0.593. The minimum Gasteiger partial charge on any atom is -0.392 e. The number of nitrogens with zero attached hydrogens (tertiary/aromatic N) is 1. The Kier molecular flexibility index (Phi) is 8.69. The average Bonchev–Trinajstić information content (AvgIpc) is 3.32. The van der Waals surface area contributed by atoms with E-state index in [9.17, 15) is 15.0 Å². The molecule has 2 aliphatic carbocycles. The van der Waals surface area contributed by atoms with Gasteiger partial charge in [-0.1, -0.05) is 53.6 Å². The topological polar surface area (TPSA) is 70.0 Å². The van der Waals surface area contributed by atoms with Crippen LogP contribution in [0.1, 0.15) is 30.4 Å². The number of rotatable bonds is 9. The van der Waals surface area contributed by atoms with E-state index in [0.29, 0.717) is 37.9 Å². The summed E-state index contributed by atoms with van der Waals surface area (Å²) in [5.41, 5.74) is 3.77. The van der Waals surface area contributed by atoms with Gasteiger partial charge in [0.05, 0.1) is 25.4 Å². The van der Waals surface area contributed by atoms with Crippen molar-refractivity contribution in [2.75, 3.05) is 37.8 Å². The van der Waals surface area contributed by atoms with Crippen molar-refractivity contribution < 1.29 is 19.7 Å². The Balaban J connectivity index is 1.21. The lowest BCUT2D eigenvalue weighted by Crippen LogP contribution is -2.40. The number of benzene rings is 1. The summed E-state index contributed by atoms with van der Waals surface area (Å²) >= 11 is 1.84. The lowest BCUT2D eigenvalue weighted by molar-refractivity contribution is -0.134. The first-order valence-corrected chi connectivity index (χ1v) is 13.4. The number of aryl methyl sites for hydroxylation is 1. The van der Waals surface area contributed by atoms with Crippen LogP contribution in [0.15, 0.2) is 48.1 Å². The standard InChI is InChI=1S/C27H37NO4S/c1-19-3-2-4-20(13-19)15-23(29)5-6-24-25-16-21(14-22(25)17-26(24)30)18-33-12-7-27(31)28-8-10-32-11-9-28/h2-6,13-14,22-26,29-30H,7-12,15-18H2,1H3/b6-5+/t22-,23-,24+,25-,26+/m0/s1. The summed E-state index contributed by atoms with van der Waals surface area (Å²) in [7, 11) is 0. The van der Waals surface area contributed by atoms with Crippen molar-refractivity contribution in [1.82, 2.24) is 4.90 Å². The Hall–Kier alpha value is -1.60. The number of aliphatic hydroxyl groups is 2. The van der Waals surface area contributed by atoms with Gasteiger partial charge in [-0.2, -0.15) is 11.8 Å². The van der Waals surface area contributed by atoms with Gasteiger partial charge in [-0.05, 0) is 37.2 Å². The van der Waals surface area contributed by atoms with E-state index in [4.69, 9.17) is 4.74 Å². The third kappa shape index (κ3) is 6.72. The van der Waals surface area contributed by atoms with Crippen molar-refractivity contribution in [1.29, 1.82) is 0 Å². The Morgan fingerprint density at radius 2 is 2.15 bits per heavy atom. The van der Waals surface area contributed by atoms with Crippen LogP contribution in [0.4, 0.5) is 0 Å². The molecule has 33 heavy (non-hydrogen) atoms. The maximum atomic E-state index is 12.3. The van der Waals surface area contributed by atoms with Crippen LogP contribution in [0.5, 0.6) is 0 Å². The summed E-state index contributed by atoms with van der Waals surface area (Å²) in [5, 5.41) is 21.1. The Morgan fingerprint density at radius 3 is 2.94 bits per heavy atom. The molecule has 5 atom stereocenters. The van der Waals surface area contributed by atoms with Crippen LogP contribution in [0.3, 0.4) is 0 Å². The van der Waals surface area contributed by atoms with E-state index in [1.54, 1.807) is 0 Å². The molecule has 180 valence electrons. The molecular formula is C27H37NO4S. The van der Waals surface area contributed by atoms with E-state index >= 15 is 0 Å². The fourth-order valence-electron chi connectivity index (χ4n) is 5.45. The minimum atomic E-state index is -0.536. The average molecular weight is 472 g/mol. The molecule has 0 radical (unpaired) electrons. The summed E-state index contributed by atoms with van der Waals surface area (Å²) in [6, 6.07) is 8.24. The lowest BCUT2D eigenvalue weighted by atomic mass is 9.89. The Bertz CT molecular complexity index is 863. The molecule has 1 heterocycles. The van der Waals surface area contributed by atoms with Crippen molar-refractivity contribution in [3.63, 3.8) is 0 Å². The van der Waals surface area contributed by atoms with Gasteiger partial charge < -0.3 is 19.8 Å². The molecule has 2 fully saturated rings. The van der Waals surface area contributed by atoms with Crippen molar-refractivity contribution in [2.24, 2.45) is 17.8 Å². The van der Waals surface area contributed by atoms with Crippen LogP contribution < -0.4 is 0 Å². The summed E-state index contributed by atoms with van der Waals surface area (Å²) in [6.07, 6.45) is 8.43. The number of carbonyl (C=O) groups excluding carboxylic acids is 1. The second kappa shape index (κ2) is 11.7. The summed E-state index contributed by atoms with van der Waals surface area (Å²) in [6.45, 7) is 4.80. The van der Waals surface area contributed by atoms with E-state index in [1.165, 1.54) is 11.1 Å². The summed E-state index contributed by atoms with van der Waals surface area (Å²) in [4.78, 5) is 14.2. The third-order valence-electron chi connectivity index (χ3n) is 7.14. The van der Waals surface area contributed by atoms with Crippen LogP contribution >= 0.6 is 11.8 Å². The molecule has 0 spiro atoms. The third-order valence-corrected chi connectivity index (χ3v) is 8.21. The number of hydrogen-bond acceptors (Lipinski definition) is 5. The summed E-state index contributed by atoms with van der Waals surface area (Å²) in [5.74, 6) is 3.00. The number of fused-ring (bicyclic) bond motifs is 1. The van der Waals surface area contributed by atoms with Gasteiger partial charge in [0, 0.05) is 43.4 Å². The predicted octanol–water partition coefficient (Wildman–Crippen LogP) is 3.38. The molecule has 1 aliphatic heterocycles. The number of morpholine rings is 1. The number of carbonyl (C=O) groups is 1. The predicted molar refractivity (Wildman–Crippen MR) is 133 cm³/mol. The van der Waals surface area contributed by atoms with E-state index in [0.717, 1.165) is 43.0 Å². The Morgan fingerprint density at radius 1 is 1.33 bits per heavy atom. The number of aliphatic hydroxyl groups excluding tert-OH is 2. The van der Waals surface area contributed by atoms with Crippen LogP contribution in [0.25, 0.3) is 0 Å². The molecule has 4 rings (SSSR count). The molecular weight excluding hydrogens is 434 g/mol. The molecule has 2 N–H and O–H groups in total. The fourth-order valence-corrected chi connectivity index (χ4v) is 6.39. The minimum absolute atomic E-state index is 0.101. The maximum absolute atomic E-state index is 12.3. The highest BCUT2D eigenvalue weighted by Crippen LogP contribution is 2.47. The molecule has 0 aromatic heterocycles. The quantitative estimate of drug-likeness (QED) is 0.427. The highest BCUT2D eigenvalue weighted by Gasteiger charge is 2.43. The van der Waals surface area contributed by atoms with Crippen molar-refractivity contribution in [3.05, 3.63) is 59.2 Å². The zero-order valence-electron chi connectivity index (χ0n) is 19.6. The van der Waals surface area contributed by atoms with Gasteiger partial charge >= 0.3 is 0 Å². The van der Waals surface area contributed by atoms with Gasteiger partial charge in [0.2, 0.25) is 5.91 Å². The van der Waals surface area contributed by atoms with Gasteiger partial charge in [-0.15, -0.1) is 0 Å². The largest absolute Gasteiger partial charge is 0.392 e. The monoisotopic (exact) mass is 471 g/mol. The van der Waals surface area contributed by atoms with Gasteiger partial charge in [-0.3, -0.25) is 4.79 Å². The SMILES string of the molecule is Cc1cccc(C[C@@H](O)/C=C/[C@@H]2[C@H]3CC(CSCCC(=O)N4CCOCC4)=C[C@H]3C[C@H]2O)c1. The van der Waals surface area contributed by atoms with Crippen LogP contribution in [0.2, 0.25) is 0 Å². The maximum Gasteiger partial charge on any atom is 0.223 e. The van der Waals surface area contributed by atoms with Gasteiger partial charge in [0.1, 0.15) is 0 Å². The first kappa shape index (κ1) is 24.5. The second-order valence-corrected chi connectivity index (χ2v) is 10.8. The van der Waals surface area contributed by atoms with E-state index in [1.807, 2.05) is 34.9 Å². The molecule has 1 aromatic rings. The van der Waals surface area contributed by atoms with Gasteiger partial charge in [-0.25, -0.2) is 0 Å². The molecule has 1 saturated carbocycles. The molecule has 6 heteroatoms. The molecule has 3 aliphatic rings. The number of allylic oxidation sites excluding steroid dienone is 1. The molecule has 1 aromatic carbocycles. The number of thioether (sulfide) groups is 1. The van der Waals surface area contributed by atoms with E-state index in [-0.39, 0.29) is 17.9 Å². The van der Waals surface area contributed by atoms with Crippen molar-refractivity contribution >= 4 is 17.7 Å². The van der Waals surface area contributed by atoms with Crippen LogP contribution in [-0.2, 0) is 16.0 Å². The zero-order chi connectivity index (χ0) is 23.2. The highest BCUT2D eigenvalue weighted by atomic mass is 32.2. The number of hydrogen-bond donors (Lipinski definition) is 2. The number of ether oxygens (including phenoxy) is 1. The molecule has 0 bridgehead atoms. The second-order valence-electron chi connectivity index (χ2n) is 9.68.